The number of hydrogen-bond donors (Lipinski definition) is 2. The van der Waals surface area contributed by atoms with Gasteiger partial charge >= 0.3 is 0 Å². The highest BCUT2D eigenvalue weighted by atomic mass is 35.5. The van der Waals surface area contributed by atoms with E-state index in [2.05, 4.69) is 5.32 Å². The second-order valence-electron chi connectivity index (χ2n) is 6.68. The zero-order valence-corrected chi connectivity index (χ0v) is 17.4. The fraction of sp³-hybridized carbons (Fsp3) is 0.316. The zero-order chi connectivity index (χ0) is 20.2. The predicted molar refractivity (Wildman–Crippen MR) is 107 cm³/mol. The number of nitrogens with one attached hydrogen (secondary N) is 2. The highest BCUT2D eigenvalue weighted by Crippen LogP contribution is 2.18. The van der Waals surface area contributed by atoms with Crippen molar-refractivity contribution < 1.29 is 18.1 Å². The third-order valence-corrected chi connectivity index (χ3v) is 6.47. The van der Waals surface area contributed by atoms with Gasteiger partial charge in [0.15, 0.2) is 6.04 Å². The lowest BCUT2D eigenvalue weighted by atomic mass is 10.2. The highest BCUT2D eigenvalue weighted by molar-refractivity contribution is 7.89. The molecule has 0 saturated heterocycles. The third kappa shape index (κ3) is 5.52. The van der Waals surface area contributed by atoms with Crippen molar-refractivity contribution in [3.05, 3.63) is 59.1 Å². The van der Waals surface area contributed by atoms with Crippen LogP contribution >= 0.6 is 11.6 Å². The van der Waals surface area contributed by atoms with Crippen LogP contribution in [0, 0.1) is 0 Å². The van der Waals surface area contributed by atoms with Crippen LogP contribution < -0.4 is 10.2 Å². The maximum Gasteiger partial charge on any atom is 0.282 e. The van der Waals surface area contributed by atoms with Crippen molar-refractivity contribution in [1.29, 1.82) is 0 Å². The van der Waals surface area contributed by atoms with Gasteiger partial charge in [-0.1, -0.05) is 29.8 Å². The van der Waals surface area contributed by atoms with Crippen molar-refractivity contribution in [2.24, 2.45) is 0 Å². The Morgan fingerprint density at radius 1 is 1.19 bits per heavy atom. The van der Waals surface area contributed by atoms with Gasteiger partial charge in [-0.2, -0.15) is 0 Å². The second-order valence-corrected chi connectivity index (χ2v) is 9.26. The van der Waals surface area contributed by atoms with Gasteiger partial charge in [0, 0.05) is 30.4 Å². The molecule has 0 aromatic heterocycles. The van der Waals surface area contributed by atoms with Gasteiger partial charge in [-0.05, 0) is 37.3 Å². The summed E-state index contributed by atoms with van der Waals surface area (Å²) >= 11 is 5.90. The molecule has 6 nitrogen and oxygen atoms in total. The van der Waals surface area contributed by atoms with E-state index >= 15 is 0 Å². The van der Waals surface area contributed by atoms with Gasteiger partial charge in [0.25, 0.3) is 5.91 Å². The molecule has 2 atom stereocenters. The topological polar surface area (TPSA) is 70.9 Å². The fourth-order valence-corrected chi connectivity index (χ4v) is 3.57. The Kier molecular flexibility index (Phi) is 7.00. The van der Waals surface area contributed by atoms with E-state index in [1.165, 1.54) is 26.2 Å². The summed E-state index contributed by atoms with van der Waals surface area (Å²) in [6, 6.07) is 13.5. The summed E-state index contributed by atoms with van der Waals surface area (Å²) in [5, 5.41) is 3.48. The number of likely N-dealkylation sites (N-methyl/N-ethyl adjacent to an activating group) is 1. The van der Waals surface area contributed by atoms with Crippen LogP contribution in [0.15, 0.2) is 53.4 Å². The molecule has 0 aliphatic heterocycles. The molecule has 146 valence electrons. The summed E-state index contributed by atoms with van der Waals surface area (Å²) < 4.78 is 25.6. The Morgan fingerprint density at radius 2 is 1.81 bits per heavy atom. The summed E-state index contributed by atoms with van der Waals surface area (Å²) in [4.78, 5) is 13.7. The van der Waals surface area contributed by atoms with Gasteiger partial charge in [-0.15, -0.1) is 0 Å². The SMILES string of the molecule is C[C@H](C(=O)Nc1cccc(S(=O)(=O)N(C)C)c1)[NH+](C)Cc1ccc(Cl)cc1. The van der Waals surface area contributed by atoms with E-state index in [0.29, 0.717) is 17.3 Å². The van der Waals surface area contributed by atoms with Crippen LogP contribution in [0.4, 0.5) is 5.69 Å². The van der Waals surface area contributed by atoms with Gasteiger partial charge in [-0.25, -0.2) is 12.7 Å². The lowest BCUT2D eigenvalue weighted by molar-refractivity contribution is -0.907. The van der Waals surface area contributed by atoms with E-state index in [1.54, 1.807) is 12.1 Å². The summed E-state index contributed by atoms with van der Waals surface area (Å²) in [6.45, 7) is 2.50. The molecule has 8 heteroatoms. The molecule has 0 aliphatic rings. The molecule has 1 unspecified atom stereocenters. The number of rotatable bonds is 7. The van der Waals surface area contributed by atoms with E-state index in [1.807, 2.05) is 38.2 Å². The molecule has 2 aromatic rings. The normalized spacial score (nSPS) is 14.0. The summed E-state index contributed by atoms with van der Waals surface area (Å²) in [5.41, 5.74) is 1.53. The molecule has 0 fully saturated rings. The fourth-order valence-electron chi connectivity index (χ4n) is 2.50. The monoisotopic (exact) mass is 410 g/mol. The van der Waals surface area contributed by atoms with E-state index in [0.717, 1.165) is 14.8 Å². The molecule has 2 N–H and O–H groups in total. The van der Waals surface area contributed by atoms with Gasteiger partial charge in [0.05, 0.1) is 11.9 Å². The molecule has 0 aliphatic carbocycles. The standard InChI is InChI=1S/C19H24ClN3O3S/c1-14(23(4)13-15-8-10-16(20)11-9-15)19(24)21-17-6-5-7-18(12-17)27(25,26)22(2)3/h5-12,14H,13H2,1-4H3,(H,21,24)/p+1/t14-/m1/s1. The van der Waals surface area contributed by atoms with Crippen LogP contribution in [0.25, 0.3) is 0 Å². The lowest BCUT2D eigenvalue weighted by Crippen LogP contribution is -3.12. The Hall–Kier alpha value is -1.93. The first-order valence-corrected chi connectivity index (χ1v) is 10.3. The number of hydrogen-bond acceptors (Lipinski definition) is 3. The van der Waals surface area contributed by atoms with Crippen molar-refractivity contribution in [3.8, 4) is 0 Å². The zero-order valence-electron chi connectivity index (χ0n) is 15.9. The number of nitrogens with zero attached hydrogens (tertiary/aromatic N) is 1. The van der Waals surface area contributed by atoms with E-state index in [4.69, 9.17) is 11.6 Å². The number of sulfonamides is 1. The first-order chi connectivity index (χ1) is 12.6. The van der Waals surface area contributed by atoms with Crippen LogP contribution in [0.1, 0.15) is 12.5 Å². The lowest BCUT2D eigenvalue weighted by Gasteiger charge is -2.21. The molecule has 2 aromatic carbocycles. The van der Waals surface area contributed by atoms with Crippen LogP contribution in [0.5, 0.6) is 0 Å². The predicted octanol–water partition coefficient (Wildman–Crippen LogP) is 1.63. The maximum atomic E-state index is 12.6. The van der Waals surface area contributed by atoms with Gasteiger partial charge < -0.3 is 10.2 Å². The number of carbonyl (C=O) groups excluding carboxylic acids is 1. The van der Waals surface area contributed by atoms with Crippen molar-refractivity contribution in [2.45, 2.75) is 24.4 Å². The number of halogens is 1. The highest BCUT2D eigenvalue weighted by Gasteiger charge is 2.23. The average molecular weight is 411 g/mol. The van der Waals surface area contributed by atoms with Crippen LogP contribution in [-0.2, 0) is 21.4 Å². The average Bonchev–Trinajstić information content (AvgIpc) is 2.63. The number of amides is 1. The van der Waals surface area contributed by atoms with Gasteiger partial charge in [0.1, 0.15) is 6.54 Å². The van der Waals surface area contributed by atoms with Crippen molar-refractivity contribution >= 4 is 33.2 Å². The molecule has 0 spiro atoms. The van der Waals surface area contributed by atoms with Crippen LogP contribution in [0.3, 0.4) is 0 Å². The van der Waals surface area contributed by atoms with Crippen molar-refractivity contribution in [1.82, 2.24) is 4.31 Å². The minimum atomic E-state index is -3.55. The quantitative estimate of drug-likeness (QED) is 0.728. The molecule has 27 heavy (non-hydrogen) atoms. The Bertz CT molecular complexity index is 899. The number of carbonyl (C=O) groups is 1. The van der Waals surface area contributed by atoms with Crippen LogP contribution in [0.2, 0.25) is 5.02 Å². The molecule has 0 saturated carbocycles. The first kappa shape index (κ1) is 21.4. The summed E-state index contributed by atoms with van der Waals surface area (Å²) in [6.07, 6.45) is 0. The van der Waals surface area contributed by atoms with Crippen LogP contribution in [-0.4, -0.2) is 45.8 Å². The largest absolute Gasteiger partial charge is 0.324 e. The Morgan fingerprint density at radius 3 is 2.41 bits per heavy atom. The van der Waals surface area contributed by atoms with Crippen molar-refractivity contribution in [2.75, 3.05) is 26.5 Å². The molecule has 0 bridgehead atoms. The molecule has 1 amide bonds. The minimum Gasteiger partial charge on any atom is -0.324 e. The smallest absolute Gasteiger partial charge is 0.282 e. The van der Waals surface area contributed by atoms with E-state index in [-0.39, 0.29) is 16.8 Å². The molecule has 0 heterocycles. The maximum absolute atomic E-state index is 12.6. The van der Waals surface area contributed by atoms with Crippen molar-refractivity contribution in [3.63, 3.8) is 0 Å². The third-order valence-electron chi connectivity index (χ3n) is 4.41. The first-order valence-electron chi connectivity index (χ1n) is 8.51. The van der Waals surface area contributed by atoms with E-state index in [9.17, 15) is 13.2 Å². The summed E-state index contributed by atoms with van der Waals surface area (Å²) in [5.74, 6) is -0.180. The van der Waals surface area contributed by atoms with E-state index < -0.39 is 10.0 Å². The molecular weight excluding hydrogens is 386 g/mol. The number of quaternary nitrogens is 1. The second kappa shape index (κ2) is 8.84. The minimum absolute atomic E-state index is 0.139. The molecule has 2 rings (SSSR count). The Labute approximate surface area is 165 Å². The number of benzene rings is 2. The number of anilines is 1. The summed E-state index contributed by atoms with van der Waals surface area (Å²) in [7, 11) is 1.33. The molecular formula is C19H25ClN3O3S+. The van der Waals surface area contributed by atoms with Gasteiger partial charge in [0.2, 0.25) is 10.0 Å². The van der Waals surface area contributed by atoms with Gasteiger partial charge in [-0.3, -0.25) is 4.79 Å². The molecule has 0 radical (unpaired) electrons. The Balaban J connectivity index is 2.06.